The average molecular weight is 372 g/mol. The van der Waals surface area contributed by atoms with Crippen molar-refractivity contribution in [3.63, 3.8) is 0 Å². The zero-order valence-corrected chi connectivity index (χ0v) is 15.0. The van der Waals surface area contributed by atoms with E-state index in [1.807, 2.05) is 27.8 Å². The number of piperidine rings is 1. The summed E-state index contributed by atoms with van der Waals surface area (Å²) >= 11 is 3.11. The van der Waals surface area contributed by atoms with E-state index in [0.29, 0.717) is 18.8 Å². The predicted molar refractivity (Wildman–Crippen MR) is 98.2 cm³/mol. The molecule has 4 heterocycles. The van der Waals surface area contributed by atoms with Crippen molar-refractivity contribution in [3.8, 4) is 9.88 Å². The zero-order valence-electron chi connectivity index (χ0n) is 13.3. The van der Waals surface area contributed by atoms with Crippen molar-refractivity contribution in [2.45, 2.75) is 18.8 Å². The third-order valence-corrected chi connectivity index (χ3v) is 6.16. The van der Waals surface area contributed by atoms with Gasteiger partial charge < -0.3 is 9.88 Å². The van der Waals surface area contributed by atoms with Gasteiger partial charge in [0.1, 0.15) is 10.7 Å². The Kier molecular flexibility index (Phi) is 4.46. The molecule has 1 fully saturated rings. The molecule has 3 aromatic rings. The molecule has 1 atom stereocenters. The summed E-state index contributed by atoms with van der Waals surface area (Å²) in [6.07, 6.45) is 3.25. The molecule has 128 valence electrons. The lowest BCUT2D eigenvalue weighted by atomic mass is 9.94. The number of carbonyl (C=O) groups is 1. The van der Waals surface area contributed by atoms with Crippen molar-refractivity contribution < 1.29 is 4.79 Å². The second kappa shape index (κ2) is 6.89. The van der Waals surface area contributed by atoms with Gasteiger partial charge in [-0.05, 0) is 24.3 Å². The number of thiophene rings is 1. The van der Waals surface area contributed by atoms with E-state index in [9.17, 15) is 9.59 Å². The monoisotopic (exact) mass is 372 g/mol. The van der Waals surface area contributed by atoms with Crippen LogP contribution in [0.25, 0.3) is 9.88 Å². The second-order valence-corrected chi connectivity index (χ2v) is 7.75. The first kappa shape index (κ1) is 16.2. The second-order valence-electron chi connectivity index (χ2n) is 5.94. The molecule has 0 unspecified atom stereocenters. The summed E-state index contributed by atoms with van der Waals surface area (Å²) in [5.41, 5.74) is 1.08. The van der Waals surface area contributed by atoms with Crippen LogP contribution >= 0.6 is 22.7 Å². The first-order valence-electron chi connectivity index (χ1n) is 8.04. The molecule has 0 aliphatic carbocycles. The van der Waals surface area contributed by atoms with E-state index < -0.39 is 0 Å². The quantitative estimate of drug-likeness (QED) is 0.767. The normalized spacial score (nSPS) is 17.6. The topological polar surface area (TPSA) is 79.0 Å². The van der Waals surface area contributed by atoms with E-state index in [4.69, 9.17) is 0 Å². The van der Waals surface area contributed by atoms with Crippen molar-refractivity contribution >= 4 is 28.6 Å². The summed E-state index contributed by atoms with van der Waals surface area (Å²) < 4.78 is 0. The van der Waals surface area contributed by atoms with Crippen molar-refractivity contribution in [1.82, 2.24) is 19.9 Å². The number of hydrogen-bond donors (Lipinski definition) is 1. The van der Waals surface area contributed by atoms with Crippen molar-refractivity contribution in [3.05, 3.63) is 57.0 Å². The number of likely N-dealkylation sites (tertiary alicyclic amines) is 1. The Morgan fingerprint density at radius 1 is 1.36 bits per heavy atom. The lowest BCUT2D eigenvalue weighted by Crippen LogP contribution is -2.39. The number of aromatic amines is 1. The van der Waals surface area contributed by atoms with E-state index in [2.05, 4.69) is 15.0 Å². The third-order valence-electron chi connectivity index (χ3n) is 4.28. The predicted octanol–water partition coefficient (Wildman–Crippen LogP) is 2.97. The van der Waals surface area contributed by atoms with Crippen LogP contribution in [0.3, 0.4) is 0 Å². The van der Waals surface area contributed by atoms with Gasteiger partial charge in [0.05, 0.1) is 16.9 Å². The number of rotatable bonds is 3. The minimum atomic E-state index is -0.159. The van der Waals surface area contributed by atoms with E-state index in [0.717, 1.165) is 28.4 Å². The van der Waals surface area contributed by atoms with Gasteiger partial charge in [-0.15, -0.1) is 22.7 Å². The van der Waals surface area contributed by atoms with Crippen molar-refractivity contribution in [2.24, 2.45) is 0 Å². The molecule has 0 spiro atoms. The van der Waals surface area contributed by atoms with Gasteiger partial charge in [-0.25, -0.2) is 9.97 Å². The lowest BCUT2D eigenvalue weighted by Gasteiger charge is -2.31. The van der Waals surface area contributed by atoms with Crippen LogP contribution in [0.1, 0.15) is 34.9 Å². The molecule has 0 saturated carbocycles. The Morgan fingerprint density at radius 3 is 3.08 bits per heavy atom. The van der Waals surface area contributed by atoms with Gasteiger partial charge >= 0.3 is 0 Å². The van der Waals surface area contributed by atoms with Crippen LogP contribution in [0.2, 0.25) is 0 Å². The molecular weight excluding hydrogens is 356 g/mol. The molecule has 1 amide bonds. The number of carbonyl (C=O) groups excluding carboxylic acids is 1. The van der Waals surface area contributed by atoms with Gasteiger partial charge in [0, 0.05) is 30.5 Å². The highest BCUT2D eigenvalue weighted by Gasteiger charge is 2.27. The first-order chi connectivity index (χ1) is 12.2. The molecule has 8 heteroatoms. The molecular formula is C17H16N4O2S2. The van der Waals surface area contributed by atoms with Gasteiger partial charge in [0.2, 0.25) is 0 Å². The van der Waals surface area contributed by atoms with Crippen LogP contribution in [0, 0.1) is 0 Å². The van der Waals surface area contributed by atoms with Gasteiger partial charge in [-0.3, -0.25) is 9.59 Å². The summed E-state index contributed by atoms with van der Waals surface area (Å²) in [6, 6.07) is 5.51. The molecule has 3 aromatic heterocycles. The van der Waals surface area contributed by atoms with Crippen molar-refractivity contribution in [1.29, 1.82) is 0 Å². The Morgan fingerprint density at radius 2 is 2.28 bits per heavy atom. The van der Waals surface area contributed by atoms with Gasteiger partial charge in [-0.1, -0.05) is 6.07 Å². The van der Waals surface area contributed by atoms with Crippen LogP contribution in [-0.2, 0) is 0 Å². The number of hydrogen-bond acceptors (Lipinski definition) is 6. The Bertz CT molecular complexity index is 932. The van der Waals surface area contributed by atoms with Gasteiger partial charge in [0.15, 0.2) is 0 Å². The summed E-state index contributed by atoms with van der Waals surface area (Å²) in [4.78, 5) is 38.5. The standard InChI is InChI=1S/C17H16N4O2S2/c22-15-7-12(18-10-19-15)11-3-1-5-21(8-11)17(23)13-9-25-16(20-13)14-4-2-6-24-14/h2,4,6-7,9-11H,1,3,5,8H2,(H,18,19,22)/t11-/m1/s1. The van der Waals surface area contributed by atoms with Crippen LogP contribution in [0.5, 0.6) is 0 Å². The summed E-state index contributed by atoms with van der Waals surface area (Å²) in [7, 11) is 0. The molecule has 6 nitrogen and oxygen atoms in total. The van der Waals surface area contributed by atoms with Crippen LogP contribution in [0.4, 0.5) is 0 Å². The van der Waals surface area contributed by atoms with Crippen LogP contribution < -0.4 is 5.56 Å². The zero-order chi connectivity index (χ0) is 17.2. The maximum Gasteiger partial charge on any atom is 0.273 e. The van der Waals surface area contributed by atoms with Crippen molar-refractivity contribution in [2.75, 3.05) is 13.1 Å². The Labute approximate surface area is 152 Å². The number of nitrogens with one attached hydrogen (secondary N) is 1. The molecule has 1 N–H and O–H groups in total. The lowest BCUT2D eigenvalue weighted by molar-refractivity contribution is 0.0701. The van der Waals surface area contributed by atoms with E-state index >= 15 is 0 Å². The fourth-order valence-corrected chi connectivity index (χ4v) is 4.67. The highest BCUT2D eigenvalue weighted by atomic mass is 32.1. The Hall–Kier alpha value is -2.32. The number of aromatic nitrogens is 3. The Balaban J connectivity index is 1.51. The molecule has 1 aliphatic heterocycles. The van der Waals surface area contributed by atoms with Gasteiger partial charge in [-0.2, -0.15) is 0 Å². The molecule has 1 saturated heterocycles. The largest absolute Gasteiger partial charge is 0.337 e. The maximum absolute atomic E-state index is 12.8. The highest BCUT2D eigenvalue weighted by molar-refractivity contribution is 7.20. The van der Waals surface area contributed by atoms with E-state index in [1.165, 1.54) is 23.7 Å². The number of thiazole rings is 1. The first-order valence-corrected chi connectivity index (χ1v) is 9.80. The number of amides is 1. The SMILES string of the molecule is O=C(c1csc(-c2cccs2)n1)N1CCC[C@@H](c2cc(=O)[nH]cn2)C1. The number of H-pyrrole nitrogens is 1. The van der Waals surface area contributed by atoms with Gasteiger partial charge in [0.25, 0.3) is 11.5 Å². The minimum absolute atomic E-state index is 0.0476. The maximum atomic E-state index is 12.8. The molecule has 4 rings (SSSR count). The van der Waals surface area contributed by atoms with E-state index in [1.54, 1.807) is 11.3 Å². The fourth-order valence-electron chi connectivity index (χ4n) is 3.06. The average Bonchev–Trinajstić information content (AvgIpc) is 3.32. The van der Waals surface area contributed by atoms with Crippen LogP contribution in [0.15, 0.2) is 40.1 Å². The molecule has 0 bridgehead atoms. The fraction of sp³-hybridized carbons (Fsp3) is 0.294. The smallest absolute Gasteiger partial charge is 0.273 e. The molecule has 25 heavy (non-hydrogen) atoms. The third kappa shape index (κ3) is 3.40. The molecule has 0 radical (unpaired) electrons. The molecule has 0 aromatic carbocycles. The van der Waals surface area contributed by atoms with E-state index in [-0.39, 0.29) is 17.4 Å². The number of nitrogens with zero attached hydrogens (tertiary/aromatic N) is 3. The summed E-state index contributed by atoms with van der Waals surface area (Å²) in [5, 5.41) is 4.71. The summed E-state index contributed by atoms with van der Waals surface area (Å²) in [6.45, 7) is 1.28. The minimum Gasteiger partial charge on any atom is -0.337 e. The van der Waals surface area contributed by atoms with Crippen LogP contribution in [-0.4, -0.2) is 38.8 Å². The highest BCUT2D eigenvalue weighted by Crippen LogP contribution is 2.30. The molecule has 1 aliphatic rings. The summed E-state index contributed by atoms with van der Waals surface area (Å²) in [5.74, 6) is 0.0454.